The van der Waals surface area contributed by atoms with E-state index in [2.05, 4.69) is 5.32 Å². The maximum Gasteiger partial charge on any atom is 0.0715 e. The van der Waals surface area contributed by atoms with Crippen LogP contribution in [0.1, 0.15) is 20.3 Å². The molecular weight excluding hydrogens is 170 g/mol. The maximum absolute atomic E-state index is 9.33. The Kier molecular flexibility index (Phi) is 7.17. The summed E-state index contributed by atoms with van der Waals surface area (Å²) in [5, 5.41) is 20.8. The number of nitrogens with one attached hydrogen (secondary N) is 1. The van der Waals surface area contributed by atoms with Crippen molar-refractivity contribution in [3.05, 3.63) is 0 Å². The zero-order valence-electron chi connectivity index (χ0n) is 8.55. The van der Waals surface area contributed by atoms with E-state index < -0.39 is 5.60 Å². The molecule has 0 aromatic carbocycles. The Morgan fingerprint density at radius 3 is 2.54 bits per heavy atom. The summed E-state index contributed by atoms with van der Waals surface area (Å²) in [4.78, 5) is 0. The lowest BCUT2D eigenvalue weighted by Gasteiger charge is -2.17. The van der Waals surface area contributed by atoms with Gasteiger partial charge in [-0.2, -0.15) is 0 Å². The summed E-state index contributed by atoms with van der Waals surface area (Å²) in [6.07, 6.45) is 0.899. The minimum Gasteiger partial charge on any atom is -0.394 e. The smallest absolute Gasteiger partial charge is 0.0715 e. The second-order valence-corrected chi connectivity index (χ2v) is 3.68. The van der Waals surface area contributed by atoms with Crippen molar-refractivity contribution in [1.29, 1.82) is 0 Å². The van der Waals surface area contributed by atoms with Crippen molar-refractivity contribution in [2.75, 3.05) is 32.9 Å². The number of ether oxygens (including phenoxy) is 1. The summed E-state index contributed by atoms with van der Waals surface area (Å²) < 4.78 is 5.06. The molecule has 0 aliphatic heterocycles. The van der Waals surface area contributed by atoms with E-state index in [0.29, 0.717) is 19.8 Å². The third-order valence-corrected chi connectivity index (χ3v) is 1.44. The summed E-state index contributed by atoms with van der Waals surface area (Å²) in [6, 6.07) is 0. The molecule has 0 fully saturated rings. The molecule has 0 unspecified atom stereocenters. The lowest BCUT2D eigenvalue weighted by atomic mass is 10.1. The molecule has 0 aromatic rings. The van der Waals surface area contributed by atoms with Gasteiger partial charge < -0.3 is 20.3 Å². The van der Waals surface area contributed by atoms with Gasteiger partial charge in [-0.15, -0.1) is 0 Å². The van der Waals surface area contributed by atoms with Crippen LogP contribution in [0.4, 0.5) is 0 Å². The van der Waals surface area contributed by atoms with Gasteiger partial charge in [-0.3, -0.25) is 0 Å². The summed E-state index contributed by atoms with van der Waals surface area (Å²) in [5.74, 6) is 0. The van der Waals surface area contributed by atoms with Crippen molar-refractivity contribution >= 4 is 0 Å². The largest absolute Gasteiger partial charge is 0.394 e. The Morgan fingerprint density at radius 1 is 1.31 bits per heavy atom. The number of aliphatic hydroxyl groups excluding tert-OH is 1. The number of aliphatic hydroxyl groups is 2. The Morgan fingerprint density at radius 2 is 2.00 bits per heavy atom. The van der Waals surface area contributed by atoms with Crippen molar-refractivity contribution in [2.45, 2.75) is 25.9 Å². The van der Waals surface area contributed by atoms with Gasteiger partial charge in [0.05, 0.1) is 18.8 Å². The van der Waals surface area contributed by atoms with Crippen molar-refractivity contribution in [1.82, 2.24) is 5.32 Å². The Hall–Kier alpha value is -0.160. The summed E-state index contributed by atoms with van der Waals surface area (Å²) >= 11 is 0. The summed E-state index contributed by atoms with van der Waals surface area (Å²) in [6.45, 7) is 6.09. The maximum atomic E-state index is 9.33. The van der Waals surface area contributed by atoms with E-state index >= 15 is 0 Å². The predicted molar refractivity (Wildman–Crippen MR) is 51.7 cm³/mol. The average molecular weight is 191 g/mol. The van der Waals surface area contributed by atoms with Gasteiger partial charge in [0.2, 0.25) is 0 Å². The highest BCUT2D eigenvalue weighted by molar-refractivity contribution is 4.67. The van der Waals surface area contributed by atoms with Crippen LogP contribution in [0.15, 0.2) is 0 Å². The number of hydrogen-bond acceptors (Lipinski definition) is 4. The fraction of sp³-hybridized carbons (Fsp3) is 1.00. The van der Waals surface area contributed by atoms with Gasteiger partial charge in [-0.25, -0.2) is 0 Å². The van der Waals surface area contributed by atoms with Crippen LogP contribution in [0.5, 0.6) is 0 Å². The Balaban J connectivity index is 3.00. The molecule has 0 aliphatic carbocycles. The number of hydrogen-bond donors (Lipinski definition) is 3. The second kappa shape index (κ2) is 7.26. The average Bonchev–Trinajstić information content (AvgIpc) is 2.01. The predicted octanol–water partition coefficient (Wildman–Crippen LogP) is -0.254. The van der Waals surface area contributed by atoms with Gasteiger partial charge in [-0.1, -0.05) is 0 Å². The van der Waals surface area contributed by atoms with Crippen LogP contribution >= 0.6 is 0 Å². The minimum absolute atomic E-state index is 0.0805. The molecule has 0 aliphatic rings. The van der Waals surface area contributed by atoms with E-state index in [1.807, 2.05) is 0 Å². The molecule has 80 valence electrons. The van der Waals surface area contributed by atoms with Gasteiger partial charge in [0, 0.05) is 13.2 Å². The van der Waals surface area contributed by atoms with E-state index in [0.717, 1.165) is 13.0 Å². The monoisotopic (exact) mass is 191 g/mol. The molecule has 0 saturated heterocycles. The fourth-order valence-electron chi connectivity index (χ4n) is 0.860. The molecule has 0 spiro atoms. The lowest BCUT2D eigenvalue weighted by Crippen LogP contribution is -2.35. The van der Waals surface area contributed by atoms with Crippen molar-refractivity contribution in [2.24, 2.45) is 0 Å². The van der Waals surface area contributed by atoms with E-state index in [4.69, 9.17) is 9.84 Å². The highest BCUT2D eigenvalue weighted by Crippen LogP contribution is 1.96. The van der Waals surface area contributed by atoms with Gasteiger partial charge >= 0.3 is 0 Å². The van der Waals surface area contributed by atoms with Crippen molar-refractivity contribution in [3.63, 3.8) is 0 Å². The standard InChI is InChI=1S/C9H21NO3/c1-9(2,12)8-10-4-3-6-13-7-5-11/h10-12H,3-8H2,1-2H3. The number of rotatable bonds is 8. The molecule has 0 bridgehead atoms. The first kappa shape index (κ1) is 12.8. The van der Waals surface area contributed by atoms with E-state index in [-0.39, 0.29) is 6.61 Å². The third-order valence-electron chi connectivity index (χ3n) is 1.44. The lowest BCUT2D eigenvalue weighted by molar-refractivity contribution is 0.0748. The molecule has 0 radical (unpaired) electrons. The SMILES string of the molecule is CC(C)(O)CNCCCOCCO. The topological polar surface area (TPSA) is 61.7 Å². The third kappa shape index (κ3) is 11.8. The minimum atomic E-state index is -0.647. The van der Waals surface area contributed by atoms with Crippen LogP contribution in [0.3, 0.4) is 0 Å². The molecule has 0 aromatic heterocycles. The molecule has 3 N–H and O–H groups in total. The zero-order valence-corrected chi connectivity index (χ0v) is 8.55. The second-order valence-electron chi connectivity index (χ2n) is 3.68. The quantitative estimate of drug-likeness (QED) is 0.463. The first-order chi connectivity index (χ1) is 6.06. The molecule has 4 nitrogen and oxygen atoms in total. The van der Waals surface area contributed by atoms with Gasteiger partial charge in [0.1, 0.15) is 0 Å². The Bertz CT molecular complexity index is 112. The van der Waals surface area contributed by atoms with Crippen LogP contribution in [0.2, 0.25) is 0 Å². The van der Waals surface area contributed by atoms with E-state index in [1.54, 1.807) is 13.8 Å². The van der Waals surface area contributed by atoms with E-state index in [1.165, 1.54) is 0 Å². The van der Waals surface area contributed by atoms with Gasteiger partial charge in [0.25, 0.3) is 0 Å². The van der Waals surface area contributed by atoms with Gasteiger partial charge in [-0.05, 0) is 26.8 Å². The first-order valence-electron chi connectivity index (χ1n) is 4.68. The highest BCUT2D eigenvalue weighted by Gasteiger charge is 2.10. The Labute approximate surface area is 79.9 Å². The van der Waals surface area contributed by atoms with E-state index in [9.17, 15) is 5.11 Å². The summed E-state index contributed by atoms with van der Waals surface area (Å²) in [7, 11) is 0. The van der Waals surface area contributed by atoms with Crippen LogP contribution in [0.25, 0.3) is 0 Å². The molecular formula is C9H21NO3. The molecule has 0 amide bonds. The fourth-order valence-corrected chi connectivity index (χ4v) is 0.860. The first-order valence-corrected chi connectivity index (χ1v) is 4.68. The molecule has 0 saturated carbocycles. The van der Waals surface area contributed by atoms with Crippen molar-refractivity contribution < 1.29 is 14.9 Å². The molecule has 0 rings (SSSR count). The molecule has 4 heteroatoms. The normalized spacial score (nSPS) is 12.0. The van der Waals surface area contributed by atoms with Gasteiger partial charge in [0.15, 0.2) is 0 Å². The van der Waals surface area contributed by atoms with Crippen LogP contribution in [-0.2, 0) is 4.74 Å². The molecule has 13 heavy (non-hydrogen) atoms. The van der Waals surface area contributed by atoms with Crippen molar-refractivity contribution in [3.8, 4) is 0 Å². The highest BCUT2D eigenvalue weighted by atomic mass is 16.5. The zero-order chi connectivity index (χ0) is 10.2. The summed E-state index contributed by atoms with van der Waals surface area (Å²) in [5.41, 5.74) is -0.647. The van der Waals surface area contributed by atoms with Crippen LogP contribution < -0.4 is 5.32 Å². The molecule has 0 heterocycles. The molecule has 0 atom stereocenters. The van der Waals surface area contributed by atoms with Crippen LogP contribution in [0, 0.1) is 0 Å². The van der Waals surface area contributed by atoms with Crippen LogP contribution in [-0.4, -0.2) is 48.7 Å².